The van der Waals surface area contributed by atoms with Crippen molar-refractivity contribution >= 4 is 18.6 Å². The second-order valence-corrected chi connectivity index (χ2v) is 4.89. The first kappa shape index (κ1) is 12.8. The molecule has 0 aliphatic rings. The van der Waals surface area contributed by atoms with Crippen LogP contribution in [0.15, 0.2) is 0 Å². The molecule has 13 heavy (non-hydrogen) atoms. The first-order chi connectivity index (χ1) is 5.75. The van der Waals surface area contributed by atoms with Crippen LogP contribution in [-0.4, -0.2) is 17.3 Å². The van der Waals surface area contributed by atoms with E-state index in [4.69, 9.17) is 4.74 Å². The third-order valence-electron chi connectivity index (χ3n) is 2.02. The molecule has 0 aromatic rings. The van der Waals surface area contributed by atoms with Gasteiger partial charge in [0.2, 0.25) is 0 Å². The maximum absolute atomic E-state index is 11.7. The molecule has 0 aliphatic carbocycles. The number of rotatable bonds is 3. The molecule has 0 rings (SSSR count). The number of ether oxygens (including phenoxy) is 1. The average molecular weight is 204 g/mol. The molecule has 3 heteroatoms. The first-order valence-corrected chi connectivity index (χ1v) is 5.23. The Morgan fingerprint density at radius 2 is 1.77 bits per heavy atom. The van der Waals surface area contributed by atoms with E-state index in [1.807, 2.05) is 34.6 Å². The Morgan fingerprint density at radius 1 is 1.31 bits per heavy atom. The normalized spacial score (nSPS) is 16.5. The summed E-state index contributed by atoms with van der Waals surface area (Å²) in [4.78, 5) is 11.7. The van der Waals surface area contributed by atoms with E-state index in [1.165, 1.54) is 0 Å². The fourth-order valence-electron chi connectivity index (χ4n) is 0.722. The Kier molecular flexibility index (Phi) is 4.30. The molecule has 0 radical (unpaired) electrons. The maximum atomic E-state index is 11.7. The predicted octanol–water partition coefficient (Wildman–Crippen LogP) is 2.67. The number of hydrogen-bond acceptors (Lipinski definition) is 3. The van der Waals surface area contributed by atoms with Crippen LogP contribution in [0.2, 0.25) is 0 Å². The molecule has 0 heterocycles. The van der Waals surface area contributed by atoms with Crippen molar-refractivity contribution in [1.82, 2.24) is 0 Å². The van der Waals surface area contributed by atoms with Crippen LogP contribution in [0.3, 0.4) is 0 Å². The van der Waals surface area contributed by atoms with Gasteiger partial charge in [0.25, 0.3) is 0 Å². The van der Waals surface area contributed by atoms with E-state index in [0.29, 0.717) is 5.75 Å². The minimum absolute atomic E-state index is 0.155. The van der Waals surface area contributed by atoms with E-state index < -0.39 is 11.0 Å². The van der Waals surface area contributed by atoms with Crippen LogP contribution in [0, 0.1) is 5.41 Å². The molecule has 0 fully saturated rings. The van der Waals surface area contributed by atoms with E-state index in [2.05, 4.69) is 12.6 Å². The molecular weight excluding hydrogens is 184 g/mol. The summed E-state index contributed by atoms with van der Waals surface area (Å²) in [5.74, 6) is 0.371. The molecule has 0 amide bonds. The van der Waals surface area contributed by atoms with Gasteiger partial charge in [0.15, 0.2) is 0 Å². The molecule has 0 saturated carbocycles. The molecule has 2 nitrogen and oxygen atoms in total. The molecule has 1 atom stereocenters. The fourth-order valence-corrected chi connectivity index (χ4v) is 1.07. The van der Waals surface area contributed by atoms with Crippen molar-refractivity contribution in [3.63, 3.8) is 0 Å². The van der Waals surface area contributed by atoms with Crippen molar-refractivity contribution in [2.24, 2.45) is 5.41 Å². The van der Waals surface area contributed by atoms with E-state index >= 15 is 0 Å². The zero-order valence-electron chi connectivity index (χ0n) is 9.18. The largest absolute Gasteiger partial charge is 0.460 e. The van der Waals surface area contributed by atoms with Crippen LogP contribution < -0.4 is 0 Å². The van der Waals surface area contributed by atoms with Crippen molar-refractivity contribution in [3.05, 3.63) is 0 Å². The Morgan fingerprint density at radius 3 is 2.00 bits per heavy atom. The van der Waals surface area contributed by atoms with E-state index in [-0.39, 0.29) is 5.97 Å². The van der Waals surface area contributed by atoms with E-state index in [9.17, 15) is 4.79 Å². The number of thiol groups is 1. The highest BCUT2D eigenvalue weighted by atomic mass is 32.1. The second kappa shape index (κ2) is 4.36. The Labute approximate surface area is 86.5 Å². The minimum Gasteiger partial charge on any atom is -0.460 e. The Hall–Kier alpha value is -0.180. The lowest BCUT2D eigenvalue weighted by molar-refractivity contribution is -0.165. The molecule has 0 aromatic heterocycles. The van der Waals surface area contributed by atoms with Gasteiger partial charge in [0.05, 0.1) is 5.41 Å². The summed E-state index contributed by atoms with van der Waals surface area (Å²) < 4.78 is 5.30. The zero-order valence-corrected chi connectivity index (χ0v) is 10.1. The van der Waals surface area contributed by atoms with Gasteiger partial charge in [-0.3, -0.25) is 4.79 Å². The van der Waals surface area contributed by atoms with Gasteiger partial charge in [-0.2, -0.15) is 12.6 Å². The summed E-state index contributed by atoms with van der Waals surface area (Å²) in [5.41, 5.74) is -0.854. The minimum atomic E-state index is -0.448. The molecule has 0 aliphatic heterocycles. The standard InChI is InChI=1S/C10H20O2S/c1-6-10(5,7-13)8(11)12-9(2,3)4/h13H,6-7H2,1-5H3. The number of esters is 1. The van der Waals surface area contributed by atoms with Crippen molar-refractivity contribution < 1.29 is 9.53 Å². The van der Waals surface area contributed by atoms with Gasteiger partial charge in [0.1, 0.15) is 5.60 Å². The van der Waals surface area contributed by atoms with Crippen molar-refractivity contribution in [1.29, 1.82) is 0 Å². The van der Waals surface area contributed by atoms with Gasteiger partial charge >= 0.3 is 5.97 Å². The highest BCUT2D eigenvalue weighted by Crippen LogP contribution is 2.26. The smallest absolute Gasteiger partial charge is 0.313 e. The van der Waals surface area contributed by atoms with Gasteiger partial charge in [-0.25, -0.2) is 0 Å². The average Bonchev–Trinajstić information content (AvgIpc) is 2.00. The third-order valence-corrected chi connectivity index (χ3v) is 2.72. The molecule has 0 spiro atoms. The van der Waals surface area contributed by atoms with Crippen LogP contribution in [0.1, 0.15) is 41.0 Å². The lowest BCUT2D eigenvalue weighted by atomic mass is 9.90. The van der Waals surface area contributed by atoms with Gasteiger partial charge in [-0.05, 0) is 34.1 Å². The summed E-state index contributed by atoms with van der Waals surface area (Å²) in [6, 6.07) is 0. The first-order valence-electron chi connectivity index (χ1n) is 4.59. The summed E-state index contributed by atoms with van der Waals surface area (Å²) >= 11 is 4.17. The summed E-state index contributed by atoms with van der Waals surface area (Å²) in [5, 5.41) is 0. The molecule has 78 valence electrons. The summed E-state index contributed by atoms with van der Waals surface area (Å²) in [6.07, 6.45) is 0.755. The van der Waals surface area contributed by atoms with Gasteiger partial charge in [0, 0.05) is 5.75 Å². The number of carbonyl (C=O) groups excluding carboxylic acids is 1. The molecule has 1 unspecified atom stereocenters. The summed E-state index contributed by atoms with van der Waals surface area (Å²) in [6.45, 7) is 9.48. The Bertz CT molecular complexity index is 178. The van der Waals surface area contributed by atoms with Gasteiger partial charge in [-0.15, -0.1) is 0 Å². The quantitative estimate of drug-likeness (QED) is 0.565. The molecule has 0 saturated heterocycles. The second-order valence-electron chi connectivity index (χ2n) is 4.57. The van der Waals surface area contributed by atoms with Crippen molar-refractivity contribution in [2.75, 3.05) is 5.75 Å². The molecule has 0 N–H and O–H groups in total. The fraction of sp³-hybridized carbons (Fsp3) is 0.900. The lowest BCUT2D eigenvalue weighted by Gasteiger charge is -2.29. The predicted molar refractivity (Wildman–Crippen MR) is 58.1 cm³/mol. The SMILES string of the molecule is CCC(C)(CS)C(=O)OC(C)(C)C. The van der Waals surface area contributed by atoms with Crippen LogP contribution in [0.4, 0.5) is 0 Å². The molecular formula is C10H20O2S. The van der Waals surface area contributed by atoms with Crippen LogP contribution in [0.25, 0.3) is 0 Å². The molecule has 0 aromatic carbocycles. The zero-order chi connectivity index (χ0) is 10.7. The van der Waals surface area contributed by atoms with E-state index in [0.717, 1.165) is 6.42 Å². The van der Waals surface area contributed by atoms with Crippen molar-refractivity contribution in [2.45, 2.75) is 46.6 Å². The third kappa shape index (κ3) is 4.03. The highest BCUT2D eigenvalue weighted by molar-refractivity contribution is 7.80. The van der Waals surface area contributed by atoms with E-state index in [1.54, 1.807) is 0 Å². The molecule has 0 bridgehead atoms. The van der Waals surface area contributed by atoms with Crippen LogP contribution >= 0.6 is 12.6 Å². The van der Waals surface area contributed by atoms with Crippen LogP contribution in [-0.2, 0) is 9.53 Å². The summed E-state index contributed by atoms with van der Waals surface area (Å²) in [7, 11) is 0. The van der Waals surface area contributed by atoms with Gasteiger partial charge < -0.3 is 4.74 Å². The van der Waals surface area contributed by atoms with Crippen molar-refractivity contribution in [3.8, 4) is 0 Å². The number of hydrogen-bond donors (Lipinski definition) is 1. The van der Waals surface area contributed by atoms with Gasteiger partial charge in [-0.1, -0.05) is 6.92 Å². The number of carbonyl (C=O) groups is 1. The van der Waals surface area contributed by atoms with Crippen LogP contribution in [0.5, 0.6) is 0 Å². The monoisotopic (exact) mass is 204 g/mol. The maximum Gasteiger partial charge on any atom is 0.313 e. The lowest BCUT2D eigenvalue weighted by Crippen LogP contribution is -2.36. The Balaban J connectivity index is 4.41. The topological polar surface area (TPSA) is 26.3 Å². The highest BCUT2D eigenvalue weighted by Gasteiger charge is 2.34.